The lowest BCUT2D eigenvalue weighted by molar-refractivity contribution is -0.121. The van der Waals surface area contributed by atoms with Crippen LogP contribution in [0.1, 0.15) is 32.6 Å². The van der Waals surface area contributed by atoms with E-state index in [1.54, 1.807) is 6.07 Å². The number of amides is 1. The van der Waals surface area contributed by atoms with E-state index in [9.17, 15) is 4.79 Å². The molecule has 0 aromatic heterocycles. The highest BCUT2D eigenvalue weighted by molar-refractivity contribution is 6.33. The largest absolute Gasteiger partial charge is 0.323 e. The van der Waals surface area contributed by atoms with Gasteiger partial charge in [-0.1, -0.05) is 23.7 Å². The topological polar surface area (TPSA) is 35.6 Å². The second kappa shape index (κ2) is 6.80. The number of hydrogen-bond acceptors (Lipinski definition) is 3. The number of anilines is 1. The minimum Gasteiger partial charge on any atom is -0.323 e. The monoisotopic (exact) mass is 335 g/mol. The molecule has 3 rings (SSSR count). The number of rotatable bonds is 3. The maximum Gasteiger partial charge on any atom is 0.241 e. The van der Waals surface area contributed by atoms with Gasteiger partial charge in [-0.25, -0.2) is 0 Å². The van der Waals surface area contributed by atoms with Crippen molar-refractivity contribution in [3.05, 3.63) is 29.3 Å². The molecule has 0 radical (unpaired) electrons. The van der Waals surface area contributed by atoms with Gasteiger partial charge in [0.25, 0.3) is 0 Å². The third-order valence-corrected chi connectivity index (χ3v) is 6.06. The number of carbonyl (C=O) groups excluding carboxylic acids is 1. The van der Waals surface area contributed by atoms with E-state index in [-0.39, 0.29) is 11.9 Å². The van der Waals surface area contributed by atoms with Crippen molar-refractivity contribution in [3.63, 3.8) is 0 Å². The number of benzene rings is 1. The van der Waals surface area contributed by atoms with E-state index in [1.807, 2.05) is 25.1 Å². The van der Waals surface area contributed by atoms with E-state index in [0.29, 0.717) is 16.2 Å². The Morgan fingerprint density at radius 3 is 2.52 bits per heavy atom. The van der Waals surface area contributed by atoms with Crippen molar-refractivity contribution in [1.29, 1.82) is 0 Å². The second-order valence-electron chi connectivity index (χ2n) is 6.93. The fourth-order valence-electron chi connectivity index (χ4n) is 4.00. The van der Waals surface area contributed by atoms with Gasteiger partial charge >= 0.3 is 0 Å². The van der Waals surface area contributed by atoms with Gasteiger partial charge in [-0.15, -0.1) is 0 Å². The summed E-state index contributed by atoms with van der Waals surface area (Å²) in [5.74, 6) is 0.0221. The molecule has 1 N–H and O–H groups in total. The van der Waals surface area contributed by atoms with Gasteiger partial charge in [0.2, 0.25) is 5.91 Å². The molecule has 2 aliphatic heterocycles. The number of piperidine rings is 1. The van der Waals surface area contributed by atoms with E-state index in [4.69, 9.17) is 11.6 Å². The molecule has 2 aliphatic rings. The fourth-order valence-corrected chi connectivity index (χ4v) is 4.18. The summed E-state index contributed by atoms with van der Waals surface area (Å²) in [5.41, 5.74) is 1.07. The van der Waals surface area contributed by atoms with Gasteiger partial charge in [0.1, 0.15) is 0 Å². The van der Waals surface area contributed by atoms with Crippen LogP contribution in [0.4, 0.5) is 5.69 Å². The zero-order valence-electron chi connectivity index (χ0n) is 14.0. The first-order valence-corrected chi connectivity index (χ1v) is 8.90. The average Bonchev–Trinajstić information content (AvgIpc) is 2.90. The van der Waals surface area contributed by atoms with Crippen LogP contribution in [-0.2, 0) is 4.79 Å². The highest BCUT2D eigenvalue weighted by Gasteiger charge is 2.42. The molecule has 0 bridgehead atoms. The lowest BCUT2D eigenvalue weighted by Crippen LogP contribution is -2.54. The first kappa shape index (κ1) is 16.7. The van der Waals surface area contributed by atoms with Gasteiger partial charge in [-0.3, -0.25) is 9.69 Å². The van der Waals surface area contributed by atoms with Gasteiger partial charge in [0.15, 0.2) is 0 Å². The Bertz CT molecular complexity index is 569. The van der Waals surface area contributed by atoms with Gasteiger partial charge in [0.05, 0.1) is 16.8 Å². The summed E-state index contributed by atoms with van der Waals surface area (Å²) in [5, 5.41) is 3.54. The molecule has 5 heteroatoms. The lowest BCUT2D eigenvalue weighted by atomic mass is 9.85. The minimum absolute atomic E-state index is 0.0221. The van der Waals surface area contributed by atoms with Crippen molar-refractivity contribution in [2.75, 3.05) is 32.0 Å². The molecule has 2 heterocycles. The molecule has 23 heavy (non-hydrogen) atoms. The molecule has 1 unspecified atom stereocenters. The maximum absolute atomic E-state index is 12.5. The molecule has 1 amide bonds. The number of nitrogens with zero attached hydrogens (tertiary/aromatic N) is 2. The predicted molar refractivity (Wildman–Crippen MR) is 94.9 cm³/mol. The molecule has 2 fully saturated rings. The first-order valence-electron chi connectivity index (χ1n) is 8.52. The highest BCUT2D eigenvalue weighted by atomic mass is 35.5. The smallest absolute Gasteiger partial charge is 0.241 e. The van der Waals surface area contributed by atoms with Crippen LogP contribution in [0.15, 0.2) is 24.3 Å². The van der Waals surface area contributed by atoms with Gasteiger partial charge in [-0.05, 0) is 58.3 Å². The normalized spacial score (nSPS) is 23.1. The first-order chi connectivity index (χ1) is 11.0. The Morgan fingerprint density at radius 1 is 1.22 bits per heavy atom. The molecular weight excluding hydrogens is 310 g/mol. The average molecular weight is 336 g/mol. The Labute approximate surface area is 143 Å². The van der Waals surface area contributed by atoms with Gasteiger partial charge in [0, 0.05) is 18.6 Å². The summed E-state index contributed by atoms with van der Waals surface area (Å²) in [4.78, 5) is 17.3. The molecule has 0 saturated carbocycles. The van der Waals surface area contributed by atoms with Crippen molar-refractivity contribution >= 4 is 23.2 Å². The van der Waals surface area contributed by atoms with Crippen LogP contribution in [0.5, 0.6) is 0 Å². The van der Waals surface area contributed by atoms with Crippen LogP contribution >= 0.6 is 11.6 Å². The molecule has 0 aliphatic carbocycles. The van der Waals surface area contributed by atoms with Crippen LogP contribution in [0.2, 0.25) is 5.02 Å². The van der Waals surface area contributed by atoms with Crippen LogP contribution in [0.25, 0.3) is 0 Å². The molecule has 2 saturated heterocycles. The Morgan fingerprint density at radius 2 is 1.91 bits per heavy atom. The molecule has 1 atom stereocenters. The van der Waals surface area contributed by atoms with Gasteiger partial charge < -0.3 is 10.2 Å². The van der Waals surface area contributed by atoms with Crippen molar-refractivity contribution in [2.24, 2.45) is 0 Å². The number of likely N-dealkylation sites (tertiary alicyclic amines) is 2. The molecule has 1 aromatic rings. The maximum atomic E-state index is 12.5. The lowest BCUT2D eigenvalue weighted by Gasteiger charge is -2.45. The number of para-hydroxylation sites is 1. The van der Waals surface area contributed by atoms with Crippen LogP contribution in [0.3, 0.4) is 0 Å². The molecule has 1 aromatic carbocycles. The highest BCUT2D eigenvalue weighted by Crippen LogP contribution is 2.37. The van der Waals surface area contributed by atoms with Crippen molar-refractivity contribution in [1.82, 2.24) is 9.80 Å². The van der Waals surface area contributed by atoms with E-state index >= 15 is 0 Å². The fraction of sp³-hybridized carbons (Fsp3) is 0.611. The van der Waals surface area contributed by atoms with Crippen LogP contribution in [-0.4, -0.2) is 54.0 Å². The van der Waals surface area contributed by atoms with E-state index < -0.39 is 0 Å². The Kier molecular flexibility index (Phi) is 4.95. The molecule has 4 nitrogen and oxygen atoms in total. The molecular formula is C18H26ClN3O. The van der Waals surface area contributed by atoms with Crippen molar-refractivity contribution in [2.45, 2.75) is 44.2 Å². The van der Waals surface area contributed by atoms with E-state index in [0.717, 1.165) is 25.9 Å². The van der Waals surface area contributed by atoms with Gasteiger partial charge in [-0.2, -0.15) is 0 Å². The number of halogens is 1. The van der Waals surface area contributed by atoms with E-state index in [1.165, 1.54) is 19.4 Å². The number of hydrogen-bond donors (Lipinski definition) is 1. The summed E-state index contributed by atoms with van der Waals surface area (Å²) in [6.45, 7) is 5.17. The number of carbonyl (C=O) groups is 1. The summed E-state index contributed by atoms with van der Waals surface area (Å²) >= 11 is 6.12. The van der Waals surface area contributed by atoms with Crippen molar-refractivity contribution < 1.29 is 4.79 Å². The SMILES string of the molecule is CC(C(=O)Nc1ccccc1Cl)N1CCC2(CCCN2C)CC1. The predicted octanol–water partition coefficient (Wildman–Crippen LogP) is 3.23. The summed E-state index contributed by atoms with van der Waals surface area (Å²) in [6, 6.07) is 7.25. The third kappa shape index (κ3) is 3.39. The zero-order chi connectivity index (χ0) is 16.4. The van der Waals surface area contributed by atoms with Crippen LogP contribution in [0, 0.1) is 0 Å². The Balaban J connectivity index is 1.58. The summed E-state index contributed by atoms with van der Waals surface area (Å²) < 4.78 is 0. The third-order valence-electron chi connectivity index (χ3n) is 5.73. The molecule has 1 spiro atoms. The van der Waals surface area contributed by atoms with E-state index in [2.05, 4.69) is 22.2 Å². The summed E-state index contributed by atoms with van der Waals surface area (Å²) in [7, 11) is 2.25. The summed E-state index contributed by atoms with van der Waals surface area (Å²) in [6.07, 6.45) is 4.93. The van der Waals surface area contributed by atoms with Crippen molar-refractivity contribution in [3.8, 4) is 0 Å². The Hall–Kier alpha value is -1.10. The zero-order valence-corrected chi connectivity index (χ0v) is 14.8. The van der Waals surface area contributed by atoms with Crippen LogP contribution < -0.4 is 5.32 Å². The molecule has 126 valence electrons. The minimum atomic E-state index is -0.129. The quantitative estimate of drug-likeness (QED) is 0.921. The second-order valence-corrected chi connectivity index (χ2v) is 7.34. The number of nitrogens with one attached hydrogen (secondary N) is 1. The standard InChI is InChI=1S/C18H26ClN3O/c1-14(17(23)20-16-7-4-3-6-15(16)19)22-12-9-18(10-13-22)8-5-11-21(18)2/h3-4,6-7,14H,5,8-13H2,1-2H3,(H,20,23).